The molecule has 0 aromatic heterocycles. The molecule has 1 unspecified atom stereocenters. The van der Waals surface area contributed by atoms with E-state index in [2.05, 4.69) is 28.9 Å². The van der Waals surface area contributed by atoms with Gasteiger partial charge in [0.2, 0.25) is 0 Å². The van der Waals surface area contributed by atoms with Crippen molar-refractivity contribution < 1.29 is 4.74 Å². The average Bonchev–Trinajstić information content (AvgIpc) is 2.32. The lowest BCUT2D eigenvalue weighted by molar-refractivity contribution is 0.357. The van der Waals surface area contributed by atoms with Gasteiger partial charge in [-0.25, -0.2) is 0 Å². The third-order valence-corrected chi connectivity index (χ3v) is 3.09. The summed E-state index contributed by atoms with van der Waals surface area (Å²) >= 11 is 3.48. The van der Waals surface area contributed by atoms with Crippen molar-refractivity contribution in [3.05, 3.63) is 40.4 Å². The molecule has 0 bridgehead atoms. The van der Waals surface area contributed by atoms with Crippen LogP contribution in [0.4, 0.5) is 0 Å². The van der Waals surface area contributed by atoms with Gasteiger partial charge in [0, 0.05) is 10.5 Å². The Kier molecular flexibility index (Phi) is 6.30. The predicted molar refractivity (Wildman–Crippen MR) is 76.4 cm³/mol. The van der Waals surface area contributed by atoms with E-state index in [4.69, 9.17) is 10.5 Å². The fourth-order valence-corrected chi connectivity index (χ4v) is 1.92. The molecule has 0 spiro atoms. The van der Waals surface area contributed by atoms with Crippen LogP contribution in [-0.2, 0) is 6.42 Å². The van der Waals surface area contributed by atoms with Crippen molar-refractivity contribution in [3.8, 4) is 5.75 Å². The van der Waals surface area contributed by atoms with Gasteiger partial charge >= 0.3 is 0 Å². The molecule has 0 fully saturated rings. The van der Waals surface area contributed by atoms with Crippen LogP contribution in [0, 0.1) is 0 Å². The van der Waals surface area contributed by atoms with Gasteiger partial charge in [-0.15, -0.1) is 0 Å². The molecule has 0 saturated carbocycles. The van der Waals surface area contributed by atoms with Crippen LogP contribution in [0.15, 0.2) is 34.8 Å². The highest BCUT2D eigenvalue weighted by Crippen LogP contribution is 2.24. The summed E-state index contributed by atoms with van der Waals surface area (Å²) in [4.78, 5) is 0. The van der Waals surface area contributed by atoms with Crippen LogP contribution in [0.3, 0.4) is 0 Å². The molecule has 0 saturated heterocycles. The van der Waals surface area contributed by atoms with Crippen molar-refractivity contribution in [2.75, 3.05) is 6.61 Å². The summed E-state index contributed by atoms with van der Waals surface area (Å²) in [5, 5.41) is 0. The summed E-state index contributed by atoms with van der Waals surface area (Å²) in [6.07, 6.45) is 5.80. The Bertz CT molecular complexity index is 376. The minimum absolute atomic E-state index is 0.188. The molecule has 2 N–H and O–H groups in total. The maximum absolute atomic E-state index is 5.99. The molecule has 0 aliphatic carbocycles. The van der Waals surface area contributed by atoms with E-state index >= 15 is 0 Å². The van der Waals surface area contributed by atoms with Gasteiger partial charge in [-0.2, -0.15) is 0 Å². The van der Waals surface area contributed by atoms with Crippen molar-refractivity contribution in [2.24, 2.45) is 5.73 Å². The van der Waals surface area contributed by atoms with Crippen LogP contribution in [0.25, 0.3) is 0 Å². The normalized spacial score (nSPS) is 12.9. The number of halogens is 1. The molecular weight excluding hydrogens is 278 g/mol. The van der Waals surface area contributed by atoms with Crippen molar-refractivity contribution in [1.29, 1.82) is 0 Å². The molecule has 0 heterocycles. The quantitative estimate of drug-likeness (QED) is 0.813. The molecular formula is C14H20BrNO. The van der Waals surface area contributed by atoms with Crippen LogP contribution < -0.4 is 10.5 Å². The molecule has 0 aliphatic rings. The van der Waals surface area contributed by atoms with Gasteiger partial charge in [-0.05, 0) is 43.5 Å². The zero-order valence-electron chi connectivity index (χ0n) is 10.4. The van der Waals surface area contributed by atoms with Crippen LogP contribution >= 0.6 is 15.9 Å². The van der Waals surface area contributed by atoms with Gasteiger partial charge in [0.1, 0.15) is 12.4 Å². The van der Waals surface area contributed by atoms with E-state index in [0.29, 0.717) is 6.61 Å². The Hall–Kier alpha value is -0.800. The Morgan fingerprint density at radius 1 is 1.47 bits per heavy atom. The van der Waals surface area contributed by atoms with Gasteiger partial charge < -0.3 is 10.5 Å². The van der Waals surface area contributed by atoms with Gasteiger partial charge in [-0.3, -0.25) is 0 Å². The molecule has 94 valence electrons. The third kappa shape index (κ3) is 4.92. The van der Waals surface area contributed by atoms with Gasteiger partial charge in [0.05, 0.1) is 0 Å². The van der Waals surface area contributed by atoms with Gasteiger partial charge in [-0.1, -0.05) is 35.0 Å². The van der Waals surface area contributed by atoms with E-state index in [1.54, 1.807) is 0 Å². The summed E-state index contributed by atoms with van der Waals surface area (Å²) in [5.74, 6) is 0.926. The number of hydrogen-bond donors (Lipinski definition) is 1. The standard InChI is InChI=1S/C14H20BrNO/c1-3-5-8-17-14-7-6-12(15)9-11(14)10-13(16)4-2/h3,5-7,9,13H,4,8,10,16H2,1-2H3/b5-3+. The highest BCUT2D eigenvalue weighted by atomic mass is 79.9. The largest absolute Gasteiger partial charge is 0.489 e. The number of rotatable bonds is 6. The minimum atomic E-state index is 0.188. The summed E-state index contributed by atoms with van der Waals surface area (Å²) < 4.78 is 6.78. The van der Waals surface area contributed by atoms with Gasteiger partial charge in [0.15, 0.2) is 0 Å². The second kappa shape index (κ2) is 7.51. The van der Waals surface area contributed by atoms with Crippen LogP contribution in [-0.4, -0.2) is 12.6 Å². The van der Waals surface area contributed by atoms with Crippen molar-refractivity contribution in [3.63, 3.8) is 0 Å². The van der Waals surface area contributed by atoms with Crippen LogP contribution in [0.5, 0.6) is 5.75 Å². The molecule has 1 rings (SSSR count). The number of ether oxygens (including phenoxy) is 1. The summed E-state index contributed by atoms with van der Waals surface area (Å²) in [6, 6.07) is 6.26. The van der Waals surface area contributed by atoms with E-state index in [-0.39, 0.29) is 6.04 Å². The molecule has 17 heavy (non-hydrogen) atoms. The maximum Gasteiger partial charge on any atom is 0.123 e. The molecule has 0 radical (unpaired) electrons. The lowest BCUT2D eigenvalue weighted by Crippen LogP contribution is -2.21. The SMILES string of the molecule is C/C=C/COc1ccc(Br)cc1CC(N)CC. The first kappa shape index (κ1) is 14.3. The highest BCUT2D eigenvalue weighted by Gasteiger charge is 2.08. The Labute approximate surface area is 112 Å². The lowest BCUT2D eigenvalue weighted by atomic mass is 10.0. The summed E-state index contributed by atoms with van der Waals surface area (Å²) in [7, 11) is 0. The van der Waals surface area contributed by atoms with Crippen LogP contribution in [0.2, 0.25) is 0 Å². The monoisotopic (exact) mass is 297 g/mol. The van der Waals surface area contributed by atoms with Crippen molar-refractivity contribution in [2.45, 2.75) is 32.7 Å². The first-order valence-corrected chi connectivity index (χ1v) is 6.74. The molecule has 1 aromatic carbocycles. The fraction of sp³-hybridized carbons (Fsp3) is 0.429. The molecule has 2 nitrogen and oxygen atoms in total. The average molecular weight is 298 g/mol. The Morgan fingerprint density at radius 2 is 2.24 bits per heavy atom. The molecule has 0 aliphatic heterocycles. The van der Waals surface area contributed by atoms with E-state index in [9.17, 15) is 0 Å². The zero-order valence-corrected chi connectivity index (χ0v) is 12.0. The minimum Gasteiger partial charge on any atom is -0.489 e. The summed E-state index contributed by atoms with van der Waals surface area (Å²) in [5.41, 5.74) is 7.16. The maximum atomic E-state index is 5.99. The van der Waals surface area contributed by atoms with E-state index < -0.39 is 0 Å². The number of allylic oxidation sites excluding steroid dienone is 1. The zero-order chi connectivity index (χ0) is 12.7. The van der Waals surface area contributed by atoms with Crippen molar-refractivity contribution >= 4 is 15.9 Å². The van der Waals surface area contributed by atoms with Crippen LogP contribution in [0.1, 0.15) is 25.8 Å². The third-order valence-electron chi connectivity index (χ3n) is 2.60. The molecule has 3 heteroatoms. The molecule has 0 amide bonds. The first-order chi connectivity index (χ1) is 8.17. The molecule has 1 atom stereocenters. The van der Waals surface area contributed by atoms with Crippen molar-refractivity contribution in [1.82, 2.24) is 0 Å². The van der Waals surface area contributed by atoms with E-state index in [1.807, 2.05) is 31.2 Å². The smallest absolute Gasteiger partial charge is 0.123 e. The number of hydrogen-bond acceptors (Lipinski definition) is 2. The van der Waals surface area contributed by atoms with E-state index in [1.165, 1.54) is 5.56 Å². The Morgan fingerprint density at radius 3 is 2.88 bits per heavy atom. The second-order valence-electron chi connectivity index (χ2n) is 4.00. The second-order valence-corrected chi connectivity index (χ2v) is 4.92. The summed E-state index contributed by atoms with van der Waals surface area (Å²) in [6.45, 7) is 4.69. The molecule has 1 aromatic rings. The Balaban J connectivity index is 2.79. The lowest BCUT2D eigenvalue weighted by Gasteiger charge is -2.14. The first-order valence-electron chi connectivity index (χ1n) is 5.95. The predicted octanol–water partition coefficient (Wildman–Crippen LogP) is 3.68. The van der Waals surface area contributed by atoms with E-state index in [0.717, 1.165) is 23.1 Å². The van der Waals surface area contributed by atoms with Gasteiger partial charge in [0.25, 0.3) is 0 Å². The highest BCUT2D eigenvalue weighted by molar-refractivity contribution is 9.10. The fourth-order valence-electron chi connectivity index (χ4n) is 1.51. The number of benzene rings is 1. The topological polar surface area (TPSA) is 35.2 Å². The number of nitrogens with two attached hydrogens (primary N) is 1.